The Morgan fingerprint density at radius 1 is 1.46 bits per heavy atom. The summed E-state index contributed by atoms with van der Waals surface area (Å²) in [6.07, 6.45) is 3.73. The number of aliphatic hydroxyl groups excluding tert-OH is 1. The van der Waals surface area contributed by atoms with Crippen LogP contribution in [0.5, 0.6) is 0 Å². The number of hydrogen-bond acceptors (Lipinski definition) is 7. The number of aliphatic imine (C=N–C) groups is 1. The Kier molecular flexibility index (Phi) is 5.26. The van der Waals surface area contributed by atoms with E-state index in [2.05, 4.69) is 10.6 Å². The van der Waals surface area contributed by atoms with Crippen LogP contribution in [0.4, 0.5) is 0 Å². The summed E-state index contributed by atoms with van der Waals surface area (Å²) in [4.78, 5) is 25.7. The van der Waals surface area contributed by atoms with Gasteiger partial charge in [-0.3, -0.25) is 4.79 Å². The number of β-amino-alcohol motifs (C(OH)–C–C–N with tert-alkyl or cyclic N) is 1. The van der Waals surface area contributed by atoms with Crippen molar-refractivity contribution in [2.45, 2.75) is 69.7 Å². The largest absolute Gasteiger partial charge is 0.391 e. The molecule has 1 aliphatic carbocycles. The summed E-state index contributed by atoms with van der Waals surface area (Å²) in [7, 11) is 6.84. The molecule has 8 nitrogen and oxygen atoms in total. The van der Waals surface area contributed by atoms with E-state index in [0.717, 1.165) is 25.7 Å². The molecule has 147 valence electrons. The van der Waals surface area contributed by atoms with E-state index < -0.39 is 17.7 Å². The summed E-state index contributed by atoms with van der Waals surface area (Å²) >= 11 is 0. The first-order chi connectivity index (χ1) is 13.4. The summed E-state index contributed by atoms with van der Waals surface area (Å²) < 4.78 is 5.38. The molecular formula is C18H25B2N4O4. The molecule has 3 radical (unpaired) electrons. The summed E-state index contributed by atoms with van der Waals surface area (Å²) in [6.45, 7) is 4.17. The van der Waals surface area contributed by atoms with Gasteiger partial charge < -0.3 is 14.5 Å². The van der Waals surface area contributed by atoms with Crippen LogP contribution in [0.15, 0.2) is 15.6 Å². The zero-order valence-corrected chi connectivity index (χ0v) is 16.3. The van der Waals surface area contributed by atoms with Crippen LogP contribution in [0.2, 0.25) is 0 Å². The maximum Gasteiger partial charge on any atom is 0.234 e. The Hall–Kier alpha value is -1.80. The quantitative estimate of drug-likeness (QED) is 0.695. The number of nitrogens with zero attached hydrogens (tertiary/aromatic N) is 3. The maximum atomic E-state index is 13.5. The number of hydroxylamine groups is 1. The molecule has 1 saturated carbocycles. The molecule has 1 spiro atoms. The normalized spacial score (nSPS) is 27.3. The minimum absolute atomic E-state index is 0.0135. The van der Waals surface area contributed by atoms with Crippen molar-refractivity contribution in [3.63, 3.8) is 0 Å². The van der Waals surface area contributed by atoms with Crippen LogP contribution in [0.3, 0.4) is 0 Å². The third kappa shape index (κ3) is 3.48. The van der Waals surface area contributed by atoms with Gasteiger partial charge in [0, 0.05) is 26.3 Å². The van der Waals surface area contributed by atoms with Gasteiger partial charge in [0.2, 0.25) is 5.91 Å². The molecule has 0 bridgehead atoms. The van der Waals surface area contributed by atoms with Gasteiger partial charge in [-0.15, -0.1) is 0 Å². The minimum Gasteiger partial charge on any atom is -0.391 e. The Balaban J connectivity index is 1.59. The number of rotatable bonds is 5. The Morgan fingerprint density at radius 2 is 2.21 bits per heavy atom. The number of nitrogens with one attached hydrogen (secondary N) is 1. The number of carbonyl (C=O) groups excluding carboxylic acids is 1. The summed E-state index contributed by atoms with van der Waals surface area (Å²) in [5, 5.41) is 14.2. The number of likely N-dealkylation sites (tertiary alicyclic amines) is 1. The van der Waals surface area contributed by atoms with Crippen LogP contribution in [-0.2, 0) is 9.63 Å². The zero-order valence-electron chi connectivity index (χ0n) is 16.3. The molecule has 3 atom stereocenters. The lowest BCUT2D eigenvalue weighted by molar-refractivity contribution is -0.134. The molecule has 10 heteroatoms. The lowest BCUT2D eigenvalue weighted by atomic mass is 9.53. The predicted molar refractivity (Wildman–Crippen MR) is 104 cm³/mol. The molecule has 3 aliphatic rings. The lowest BCUT2D eigenvalue weighted by Crippen LogP contribution is -2.46. The zero-order chi connectivity index (χ0) is 19.9. The topological polar surface area (TPSA) is 100 Å². The third-order valence-electron chi connectivity index (χ3n) is 5.89. The summed E-state index contributed by atoms with van der Waals surface area (Å²) in [5.41, 5.74) is 2.93. The monoisotopic (exact) mass is 383 g/mol. The van der Waals surface area contributed by atoms with Gasteiger partial charge in [-0.1, -0.05) is 19.0 Å². The van der Waals surface area contributed by atoms with Crippen molar-refractivity contribution in [2.75, 3.05) is 6.54 Å². The van der Waals surface area contributed by atoms with Crippen molar-refractivity contribution in [3.8, 4) is 0 Å². The fraction of sp³-hybridized carbons (Fsp3) is 0.722. The Bertz CT molecular complexity index is 763. The van der Waals surface area contributed by atoms with E-state index in [-0.39, 0.29) is 24.4 Å². The molecule has 1 amide bonds. The van der Waals surface area contributed by atoms with Crippen molar-refractivity contribution in [1.82, 2.24) is 15.5 Å². The molecular weight excluding hydrogens is 358 g/mol. The van der Waals surface area contributed by atoms with Crippen molar-refractivity contribution < 1.29 is 19.3 Å². The predicted octanol–water partition coefficient (Wildman–Crippen LogP) is -0.00740. The second-order valence-corrected chi connectivity index (χ2v) is 8.29. The van der Waals surface area contributed by atoms with E-state index >= 15 is 0 Å². The molecule has 1 aromatic rings. The molecule has 1 unspecified atom stereocenters. The lowest BCUT2D eigenvalue weighted by Gasteiger charge is -2.29. The van der Waals surface area contributed by atoms with Crippen molar-refractivity contribution in [2.24, 2.45) is 10.9 Å². The smallest absolute Gasteiger partial charge is 0.234 e. The van der Waals surface area contributed by atoms with Crippen LogP contribution in [0, 0.1) is 5.92 Å². The maximum absolute atomic E-state index is 13.5. The van der Waals surface area contributed by atoms with E-state index in [9.17, 15) is 9.90 Å². The van der Waals surface area contributed by atoms with Crippen LogP contribution in [0.25, 0.3) is 0 Å². The van der Waals surface area contributed by atoms with Crippen molar-refractivity contribution in [1.29, 1.82) is 0 Å². The SMILES string of the molecule is [B][B]c1cc(C(C(=O)N2C[C@H](O)C[C@H]2C2=NC3(CCCC3)ON2)C(C)C)on1. The second kappa shape index (κ2) is 7.55. The van der Waals surface area contributed by atoms with Gasteiger partial charge in [0.25, 0.3) is 0 Å². The Morgan fingerprint density at radius 3 is 2.86 bits per heavy atom. The fourth-order valence-corrected chi connectivity index (χ4v) is 4.46. The van der Waals surface area contributed by atoms with Crippen molar-refractivity contribution in [3.05, 3.63) is 11.8 Å². The van der Waals surface area contributed by atoms with Crippen molar-refractivity contribution >= 4 is 32.2 Å². The van der Waals surface area contributed by atoms with Crippen LogP contribution < -0.4 is 11.1 Å². The van der Waals surface area contributed by atoms with E-state index in [1.807, 2.05) is 13.8 Å². The Labute approximate surface area is 166 Å². The van der Waals surface area contributed by atoms with E-state index in [1.54, 1.807) is 11.0 Å². The highest BCUT2D eigenvalue weighted by molar-refractivity contribution is 6.97. The van der Waals surface area contributed by atoms with E-state index in [1.165, 1.54) is 7.17 Å². The number of aromatic nitrogens is 1. The van der Waals surface area contributed by atoms with Crippen LogP contribution >= 0.6 is 0 Å². The molecule has 2 fully saturated rings. The number of carbonyl (C=O) groups is 1. The highest BCUT2D eigenvalue weighted by atomic mass is 16.7. The van der Waals surface area contributed by atoms with Gasteiger partial charge in [-0.05, 0) is 37.7 Å². The molecule has 2 aliphatic heterocycles. The van der Waals surface area contributed by atoms with Crippen LogP contribution in [-0.4, -0.2) is 66.2 Å². The van der Waals surface area contributed by atoms with E-state index in [0.29, 0.717) is 23.6 Å². The molecule has 2 N–H and O–H groups in total. The average molecular weight is 383 g/mol. The number of aliphatic hydroxyl groups is 1. The highest BCUT2D eigenvalue weighted by Crippen LogP contribution is 2.38. The molecule has 3 heterocycles. The number of amides is 1. The molecule has 1 aromatic heterocycles. The molecule has 1 saturated heterocycles. The van der Waals surface area contributed by atoms with Crippen LogP contribution in [0.1, 0.15) is 57.6 Å². The minimum atomic E-state index is -0.603. The van der Waals surface area contributed by atoms with Gasteiger partial charge in [-0.2, -0.15) is 0 Å². The standard InChI is InChI=1S/C18H25B2N4O4/c1-10(2)15(13-8-14(20-19)22-27-13)17(26)24-9-11(25)7-12(24)16-21-18(28-23-16)5-3-4-6-18/h8,10-12,15,25H,3-7,9H2,1-2H3,(H,21,23)/t11-,12+,15?/m1/s1. The number of hydrogen-bond donors (Lipinski definition) is 2. The van der Waals surface area contributed by atoms with Gasteiger partial charge in [-0.25, -0.2) is 15.3 Å². The van der Waals surface area contributed by atoms with Gasteiger partial charge >= 0.3 is 0 Å². The highest BCUT2D eigenvalue weighted by Gasteiger charge is 2.47. The average Bonchev–Trinajstić information content (AvgIpc) is 3.43. The fourth-order valence-electron chi connectivity index (χ4n) is 4.46. The summed E-state index contributed by atoms with van der Waals surface area (Å²) in [6, 6.07) is 1.35. The van der Waals surface area contributed by atoms with Gasteiger partial charge in [0.15, 0.2) is 5.72 Å². The summed E-state index contributed by atoms with van der Waals surface area (Å²) in [5.74, 6) is 0.454. The first kappa shape index (κ1) is 19.5. The number of amidine groups is 1. The first-order valence-electron chi connectivity index (χ1n) is 9.96. The third-order valence-corrected chi connectivity index (χ3v) is 5.89. The molecule has 4 rings (SSSR count). The molecule has 28 heavy (non-hydrogen) atoms. The van der Waals surface area contributed by atoms with E-state index in [4.69, 9.17) is 22.1 Å². The van der Waals surface area contributed by atoms with Gasteiger partial charge in [0.1, 0.15) is 24.7 Å². The second-order valence-electron chi connectivity index (χ2n) is 8.29. The molecule has 0 aromatic carbocycles. The first-order valence-corrected chi connectivity index (χ1v) is 9.96. The van der Waals surface area contributed by atoms with Gasteiger partial charge in [0.05, 0.1) is 12.1 Å².